The molecule has 0 aliphatic heterocycles. The van der Waals surface area contributed by atoms with Crippen LogP contribution >= 0.6 is 11.2 Å². The maximum Gasteiger partial charge on any atom is 0.335 e. The molecule has 0 aliphatic carbocycles. The monoisotopic (exact) mass is 350 g/mol. The molecule has 0 spiro atoms. The van der Waals surface area contributed by atoms with Crippen LogP contribution in [0.5, 0.6) is 0 Å². The number of hydrogen-bond acceptors (Lipinski definition) is 3. The van der Waals surface area contributed by atoms with E-state index in [1.807, 2.05) is 0 Å². The van der Waals surface area contributed by atoms with Crippen molar-refractivity contribution in [1.82, 2.24) is 0 Å². The second kappa shape index (κ2) is 9.76. The van der Waals surface area contributed by atoms with Gasteiger partial charge in [0.2, 0.25) is 0 Å². The predicted molar refractivity (Wildman–Crippen MR) is 103 cm³/mol. The summed E-state index contributed by atoms with van der Waals surface area (Å²) in [4.78, 5) is 0. The Bertz CT molecular complexity index is 267. The first kappa shape index (κ1) is 21.7. The van der Waals surface area contributed by atoms with E-state index in [2.05, 4.69) is 66.2 Å². The lowest BCUT2D eigenvalue weighted by atomic mass is 10.00. The number of hydrogen-bond donors (Lipinski definition) is 0. The highest BCUT2D eigenvalue weighted by atomic mass is 32.4. The molecule has 0 aromatic rings. The van der Waals surface area contributed by atoms with Crippen LogP contribution in [0.3, 0.4) is 0 Å². The van der Waals surface area contributed by atoms with Gasteiger partial charge in [-0.3, -0.25) is 0 Å². The van der Waals surface area contributed by atoms with Gasteiger partial charge < -0.3 is 8.85 Å². The Morgan fingerprint density at radius 2 is 1.29 bits per heavy atom. The topological polar surface area (TPSA) is 18.5 Å². The fourth-order valence-electron chi connectivity index (χ4n) is 3.08. The van der Waals surface area contributed by atoms with E-state index in [0.717, 1.165) is 19.3 Å². The Morgan fingerprint density at radius 3 is 1.62 bits per heavy atom. The van der Waals surface area contributed by atoms with Crippen molar-refractivity contribution in [3.05, 3.63) is 0 Å². The molecular weight excluding hydrogens is 312 g/mol. The van der Waals surface area contributed by atoms with E-state index in [4.69, 9.17) is 8.85 Å². The van der Waals surface area contributed by atoms with Crippen LogP contribution in [0.1, 0.15) is 48.5 Å². The molecule has 0 saturated carbocycles. The van der Waals surface area contributed by atoms with Crippen LogP contribution in [0.2, 0.25) is 30.7 Å². The molecule has 5 heteroatoms. The molecule has 0 radical (unpaired) electrons. The second-order valence-corrected chi connectivity index (χ2v) is 18.6. The van der Waals surface area contributed by atoms with Crippen molar-refractivity contribution in [2.45, 2.75) is 79.2 Å². The molecule has 0 saturated heterocycles. The zero-order chi connectivity index (χ0) is 16.6. The van der Waals surface area contributed by atoms with Gasteiger partial charge in [0, 0.05) is 13.2 Å². The first-order valence-corrected chi connectivity index (χ1v) is 15.5. The Hall–Kier alpha value is 0.704. The van der Waals surface area contributed by atoms with Crippen molar-refractivity contribution in [3.8, 4) is 0 Å². The fraction of sp³-hybridized carbons (Fsp3) is 1.00. The molecule has 0 heterocycles. The van der Waals surface area contributed by atoms with Crippen LogP contribution in [-0.4, -0.2) is 34.8 Å². The molecular formula is C16H38O2SSi2. The second-order valence-electron chi connectivity index (χ2n) is 6.87. The zero-order valence-corrected chi connectivity index (χ0v) is 18.5. The summed E-state index contributed by atoms with van der Waals surface area (Å²) in [6.45, 7) is 19.9. The van der Waals surface area contributed by atoms with E-state index in [1.165, 1.54) is 23.9 Å². The van der Waals surface area contributed by atoms with Gasteiger partial charge in [-0.1, -0.05) is 52.8 Å². The standard InChI is InChI=1S/C16H38O2SSi2/c1-9-17-20(8,18-10-2)15-16(6,7)14-19-21(11-3,12-4)13-5/h9-15H2,1-8H3. The third-order valence-electron chi connectivity index (χ3n) is 4.40. The van der Waals surface area contributed by atoms with Gasteiger partial charge in [-0.15, -0.1) is 0 Å². The van der Waals surface area contributed by atoms with E-state index in [1.54, 1.807) is 0 Å². The molecule has 0 aromatic heterocycles. The van der Waals surface area contributed by atoms with E-state index < -0.39 is 15.8 Å². The highest BCUT2D eigenvalue weighted by Gasteiger charge is 2.39. The maximum atomic E-state index is 6.04. The summed E-state index contributed by atoms with van der Waals surface area (Å²) in [5.41, 5.74) is 0.299. The summed E-state index contributed by atoms with van der Waals surface area (Å²) in [5.74, 6) is 1.25. The minimum absolute atomic E-state index is 0.299. The molecule has 0 aromatic carbocycles. The van der Waals surface area contributed by atoms with Gasteiger partial charge in [0.05, 0.1) is 0 Å². The highest BCUT2D eigenvalue weighted by Crippen LogP contribution is 2.40. The highest BCUT2D eigenvalue weighted by molar-refractivity contribution is 8.29. The minimum Gasteiger partial charge on any atom is -0.395 e. The molecule has 0 fully saturated rings. The van der Waals surface area contributed by atoms with Gasteiger partial charge in [-0.05, 0) is 37.6 Å². The van der Waals surface area contributed by atoms with E-state index in [0.29, 0.717) is 5.41 Å². The Labute approximate surface area is 139 Å². The first-order chi connectivity index (χ1) is 9.72. The van der Waals surface area contributed by atoms with E-state index >= 15 is 0 Å². The third kappa shape index (κ3) is 7.68. The third-order valence-corrected chi connectivity index (χ3v) is 18.1. The van der Waals surface area contributed by atoms with Gasteiger partial charge in [0.1, 0.15) is 7.22 Å². The molecule has 2 nitrogen and oxygen atoms in total. The summed E-state index contributed by atoms with van der Waals surface area (Å²) >= 11 is 2.30. The normalized spacial score (nSPS) is 13.7. The van der Waals surface area contributed by atoms with Crippen molar-refractivity contribution in [2.75, 3.05) is 19.0 Å². The van der Waals surface area contributed by atoms with Gasteiger partial charge in [-0.2, -0.15) is 11.2 Å². The summed E-state index contributed by atoms with van der Waals surface area (Å²) in [7, 11) is -3.10. The SMILES string of the molecule is CCO[Si](C)(CC(C)(C)CS[Si](CC)(CC)CC)OCC. The van der Waals surface area contributed by atoms with Crippen LogP contribution in [0.15, 0.2) is 0 Å². The lowest BCUT2D eigenvalue weighted by Gasteiger charge is -2.37. The molecule has 21 heavy (non-hydrogen) atoms. The lowest BCUT2D eigenvalue weighted by Crippen LogP contribution is -2.44. The molecule has 0 N–H and O–H groups in total. The van der Waals surface area contributed by atoms with Crippen LogP contribution in [0, 0.1) is 5.41 Å². The van der Waals surface area contributed by atoms with Crippen molar-refractivity contribution in [1.29, 1.82) is 0 Å². The van der Waals surface area contributed by atoms with Gasteiger partial charge in [0.15, 0.2) is 0 Å². The van der Waals surface area contributed by atoms with Crippen molar-refractivity contribution < 1.29 is 8.85 Å². The minimum atomic E-state index is -2.01. The summed E-state index contributed by atoms with van der Waals surface area (Å²) in [6, 6.07) is 5.28. The maximum absolute atomic E-state index is 6.04. The van der Waals surface area contributed by atoms with Crippen LogP contribution in [0.25, 0.3) is 0 Å². The molecule has 0 rings (SSSR count). The quantitative estimate of drug-likeness (QED) is 0.408. The van der Waals surface area contributed by atoms with Crippen molar-refractivity contribution in [3.63, 3.8) is 0 Å². The first-order valence-electron chi connectivity index (χ1n) is 8.64. The zero-order valence-electron chi connectivity index (χ0n) is 15.7. The fourth-order valence-corrected chi connectivity index (χ4v) is 13.5. The molecule has 0 bridgehead atoms. The average Bonchev–Trinajstić information content (AvgIpc) is 2.40. The summed E-state index contributed by atoms with van der Waals surface area (Å²) in [6.07, 6.45) is 0. The smallest absolute Gasteiger partial charge is 0.335 e. The van der Waals surface area contributed by atoms with Gasteiger partial charge in [-0.25, -0.2) is 0 Å². The molecule has 0 amide bonds. The van der Waals surface area contributed by atoms with Crippen molar-refractivity contribution in [2.24, 2.45) is 5.41 Å². The molecule has 0 atom stereocenters. The molecule has 0 aliphatic rings. The van der Waals surface area contributed by atoms with Gasteiger partial charge >= 0.3 is 8.56 Å². The Balaban J connectivity index is 4.73. The van der Waals surface area contributed by atoms with Crippen molar-refractivity contribution >= 4 is 27.0 Å². The number of rotatable bonds is 12. The van der Waals surface area contributed by atoms with Crippen LogP contribution in [-0.2, 0) is 8.85 Å². The summed E-state index contributed by atoms with van der Waals surface area (Å²) in [5, 5.41) is 0. The van der Waals surface area contributed by atoms with Crippen LogP contribution in [0.4, 0.5) is 0 Å². The largest absolute Gasteiger partial charge is 0.395 e. The molecule has 128 valence electrons. The Morgan fingerprint density at radius 1 is 0.857 bits per heavy atom. The van der Waals surface area contributed by atoms with Crippen LogP contribution < -0.4 is 0 Å². The summed E-state index contributed by atoms with van der Waals surface area (Å²) < 4.78 is 12.1. The Kier molecular flexibility index (Phi) is 10.1. The lowest BCUT2D eigenvalue weighted by molar-refractivity contribution is 0.178. The van der Waals surface area contributed by atoms with Gasteiger partial charge in [0.25, 0.3) is 0 Å². The van der Waals surface area contributed by atoms with E-state index in [-0.39, 0.29) is 0 Å². The molecule has 0 unspecified atom stereocenters. The predicted octanol–water partition coefficient (Wildman–Crippen LogP) is 5.90. The van der Waals surface area contributed by atoms with E-state index in [9.17, 15) is 0 Å². The average molecular weight is 351 g/mol.